The Labute approximate surface area is 164 Å². The monoisotopic (exact) mass is 386 g/mol. The topological polar surface area (TPSA) is 68.3 Å². The molecule has 1 unspecified atom stereocenters. The van der Waals surface area contributed by atoms with E-state index in [9.17, 15) is 9.59 Å². The van der Waals surface area contributed by atoms with Gasteiger partial charge in [0.25, 0.3) is 5.24 Å². The van der Waals surface area contributed by atoms with E-state index >= 15 is 0 Å². The second kappa shape index (κ2) is 10.7. The van der Waals surface area contributed by atoms with Crippen molar-refractivity contribution < 1.29 is 14.3 Å². The van der Waals surface area contributed by atoms with Gasteiger partial charge in [-0.15, -0.1) is 0 Å². The molecule has 144 valence electrons. The van der Waals surface area contributed by atoms with Gasteiger partial charge in [0, 0.05) is 25.4 Å². The van der Waals surface area contributed by atoms with Crippen molar-refractivity contribution in [2.24, 2.45) is 0 Å². The maximum atomic E-state index is 11.4. The summed E-state index contributed by atoms with van der Waals surface area (Å²) in [6.07, 6.45) is 3.99. The fourth-order valence-corrected chi connectivity index (χ4v) is 3.19. The summed E-state index contributed by atoms with van der Waals surface area (Å²) < 4.78 is 5.78. The van der Waals surface area contributed by atoms with Gasteiger partial charge in [-0.1, -0.05) is 43.8 Å². The number of aldehydes is 1. The Morgan fingerprint density at radius 2 is 1.96 bits per heavy atom. The molecule has 1 amide bonds. The van der Waals surface area contributed by atoms with Crippen molar-refractivity contribution in [2.45, 2.75) is 37.9 Å². The summed E-state index contributed by atoms with van der Waals surface area (Å²) in [6, 6.07) is 11.8. The molecule has 1 aromatic heterocycles. The Bertz CT molecular complexity index is 730. The summed E-state index contributed by atoms with van der Waals surface area (Å²) in [4.78, 5) is 27.0. The van der Waals surface area contributed by atoms with E-state index in [-0.39, 0.29) is 5.24 Å². The lowest BCUT2D eigenvalue weighted by Crippen LogP contribution is -2.18. The number of amides is 1. The van der Waals surface area contributed by atoms with Crippen LogP contribution in [0.5, 0.6) is 5.75 Å². The second-order valence-electron chi connectivity index (χ2n) is 6.51. The zero-order valence-corrected chi connectivity index (χ0v) is 16.8. The number of pyridine rings is 1. The minimum absolute atomic E-state index is 0.206. The van der Waals surface area contributed by atoms with Crippen LogP contribution in [0.15, 0.2) is 42.6 Å². The van der Waals surface area contributed by atoms with Crippen LogP contribution in [-0.2, 0) is 17.6 Å². The molecule has 0 aliphatic heterocycles. The maximum absolute atomic E-state index is 11.4. The molecule has 0 fully saturated rings. The first kappa shape index (κ1) is 21.0. The molecular formula is C21H26N2O3S. The SMILES string of the molecule is CNC(=O)SC(C=O)Cc1ccc(OCCc2ccc(C(C)C)cn2)cc1. The van der Waals surface area contributed by atoms with Gasteiger partial charge in [0.1, 0.15) is 12.0 Å². The predicted molar refractivity (Wildman–Crippen MR) is 110 cm³/mol. The number of aromatic nitrogens is 1. The fraction of sp³-hybridized carbons (Fsp3) is 0.381. The van der Waals surface area contributed by atoms with Gasteiger partial charge in [-0.2, -0.15) is 0 Å². The summed E-state index contributed by atoms with van der Waals surface area (Å²) in [5.41, 5.74) is 3.23. The molecule has 0 saturated heterocycles. The zero-order valence-electron chi connectivity index (χ0n) is 16.0. The molecule has 0 radical (unpaired) electrons. The number of carbonyl (C=O) groups excluding carboxylic acids is 2. The van der Waals surface area contributed by atoms with Crippen LogP contribution in [0.4, 0.5) is 4.79 Å². The predicted octanol–water partition coefficient (Wildman–Crippen LogP) is 4.01. The number of benzene rings is 1. The van der Waals surface area contributed by atoms with Crippen LogP contribution in [0.1, 0.15) is 36.6 Å². The molecule has 0 saturated carbocycles. The largest absolute Gasteiger partial charge is 0.493 e. The molecule has 2 aromatic rings. The van der Waals surface area contributed by atoms with E-state index in [0.29, 0.717) is 18.9 Å². The number of ether oxygens (including phenoxy) is 1. The maximum Gasteiger partial charge on any atom is 0.279 e. The molecule has 1 aromatic carbocycles. The molecule has 27 heavy (non-hydrogen) atoms. The first-order chi connectivity index (χ1) is 13.0. The van der Waals surface area contributed by atoms with Crippen LogP contribution < -0.4 is 10.1 Å². The van der Waals surface area contributed by atoms with Crippen molar-refractivity contribution in [2.75, 3.05) is 13.7 Å². The van der Waals surface area contributed by atoms with Gasteiger partial charge in [-0.25, -0.2) is 0 Å². The number of hydrogen-bond acceptors (Lipinski definition) is 5. The fourth-order valence-electron chi connectivity index (χ4n) is 2.47. The Hall–Kier alpha value is -2.34. The van der Waals surface area contributed by atoms with E-state index in [2.05, 4.69) is 30.2 Å². The lowest BCUT2D eigenvalue weighted by Gasteiger charge is -2.10. The lowest BCUT2D eigenvalue weighted by atomic mass is 10.1. The Morgan fingerprint density at radius 3 is 2.52 bits per heavy atom. The summed E-state index contributed by atoms with van der Waals surface area (Å²) in [5.74, 6) is 1.26. The van der Waals surface area contributed by atoms with E-state index in [1.54, 1.807) is 7.05 Å². The molecule has 2 rings (SSSR count). The third-order valence-corrected chi connectivity index (χ3v) is 5.11. The highest BCUT2D eigenvalue weighted by atomic mass is 32.2. The molecule has 1 N–H and O–H groups in total. The molecule has 0 bridgehead atoms. The number of nitrogens with one attached hydrogen (secondary N) is 1. The van der Waals surface area contributed by atoms with E-state index in [0.717, 1.165) is 41.5 Å². The Balaban J connectivity index is 1.81. The third-order valence-electron chi connectivity index (χ3n) is 4.12. The van der Waals surface area contributed by atoms with Crippen LogP contribution >= 0.6 is 11.8 Å². The first-order valence-electron chi connectivity index (χ1n) is 9.02. The average Bonchev–Trinajstić information content (AvgIpc) is 2.69. The summed E-state index contributed by atoms with van der Waals surface area (Å²) in [5, 5.41) is 1.91. The van der Waals surface area contributed by atoms with Gasteiger partial charge in [-0.3, -0.25) is 9.78 Å². The van der Waals surface area contributed by atoms with E-state index in [4.69, 9.17) is 4.74 Å². The van der Waals surface area contributed by atoms with E-state index in [1.165, 1.54) is 5.56 Å². The van der Waals surface area contributed by atoms with E-state index in [1.807, 2.05) is 36.5 Å². The van der Waals surface area contributed by atoms with Crippen LogP contribution in [-0.4, -0.2) is 35.4 Å². The first-order valence-corrected chi connectivity index (χ1v) is 9.90. The van der Waals surface area contributed by atoms with Crippen molar-refractivity contribution in [3.8, 4) is 5.75 Å². The van der Waals surface area contributed by atoms with Gasteiger partial charge in [0.05, 0.1) is 11.9 Å². The normalized spacial score (nSPS) is 11.9. The van der Waals surface area contributed by atoms with Crippen LogP contribution in [0.25, 0.3) is 0 Å². The van der Waals surface area contributed by atoms with Gasteiger partial charge in [0.15, 0.2) is 0 Å². The Morgan fingerprint density at radius 1 is 1.22 bits per heavy atom. The Kier molecular flexibility index (Phi) is 8.33. The minimum atomic E-state index is -0.392. The van der Waals surface area contributed by atoms with Gasteiger partial charge in [-0.05, 0) is 41.7 Å². The lowest BCUT2D eigenvalue weighted by molar-refractivity contribution is -0.107. The molecule has 5 nitrogen and oxygen atoms in total. The number of hydrogen-bond donors (Lipinski definition) is 1. The molecule has 0 aliphatic rings. The van der Waals surface area contributed by atoms with Crippen LogP contribution in [0.3, 0.4) is 0 Å². The number of nitrogens with zero attached hydrogens (tertiary/aromatic N) is 1. The second-order valence-corrected chi connectivity index (χ2v) is 7.73. The number of carbonyl (C=O) groups is 2. The van der Waals surface area contributed by atoms with Crippen molar-refractivity contribution in [3.05, 3.63) is 59.4 Å². The minimum Gasteiger partial charge on any atom is -0.493 e. The van der Waals surface area contributed by atoms with Gasteiger partial charge in [0.2, 0.25) is 0 Å². The summed E-state index contributed by atoms with van der Waals surface area (Å²) in [6.45, 7) is 4.85. The summed E-state index contributed by atoms with van der Waals surface area (Å²) in [7, 11) is 1.55. The number of thioether (sulfide) groups is 1. The molecule has 1 atom stereocenters. The smallest absolute Gasteiger partial charge is 0.279 e. The molecule has 6 heteroatoms. The highest BCUT2D eigenvalue weighted by molar-refractivity contribution is 8.14. The van der Waals surface area contributed by atoms with Crippen molar-refractivity contribution in [1.29, 1.82) is 0 Å². The van der Waals surface area contributed by atoms with Crippen LogP contribution in [0, 0.1) is 0 Å². The van der Waals surface area contributed by atoms with Gasteiger partial charge < -0.3 is 14.8 Å². The summed E-state index contributed by atoms with van der Waals surface area (Å²) >= 11 is 1.00. The van der Waals surface area contributed by atoms with Gasteiger partial charge >= 0.3 is 0 Å². The van der Waals surface area contributed by atoms with Crippen molar-refractivity contribution >= 4 is 23.3 Å². The quantitative estimate of drug-likeness (QED) is 0.660. The molecule has 0 aliphatic carbocycles. The molecule has 1 heterocycles. The molecular weight excluding hydrogens is 360 g/mol. The van der Waals surface area contributed by atoms with Crippen molar-refractivity contribution in [3.63, 3.8) is 0 Å². The van der Waals surface area contributed by atoms with Crippen molar-refractivity contribution in [1.82, 2.24) is 10.3 Å². The van der Waals surface area contributed by atoms with Crippen LogP contribution in [0.2, 0.25) is 0 Å². The zero-order chi connectivity index (χ0) is 19.6. The standard InChI is InChI=1S/C21H26N2O3S/c1-15(2)17-6-7-18(23-13-17)10-11-26-19-8-4-16(5-9-19)12-20(14-24)27-21(25)22-3/h4-9,13-15,20H,10-12H2,1-3H3,(H,22,25). The third kappa shape index (κ3) is 7.06. The highest BCUT2D eigenvalue weighted by Crippen LogP contribution is 2.19. The van der Waals surface area contributed by atoms with E-state index < -0.39 is 5.25 Å². The highest BCUT2D eigenvalue weighted by Gasteiger charge is 2.13. The average molecular weight is 387 g/mol. The molecule has 0 spiro atoms. The number of rotatable bonds is 9.